The van der Waals surface area contributed by atoms with Crippen LogP contribution >= 0.6 is 0 Å². The van der Waals surface area contributed by atoms with Gasteiger partial charge in [0, 0.05) is 31.1 Å². The topological polar surface area (TPSA) is 62.2 Å². The van der Waals surface area contributed by atoms with Gasteiger partial charge in [0.15, 0.2) is 6.04 Å². The van der Waals surface area contributed by atoms with Crippen molar-refractivity contribution in [2.24, 2.45) is 0 Å². The van der Waals surface area contributed by atoms with E-state index in [1.165, 1.54) is 5.56 Å². The summed E-state index contributed by atoms with van der Waals surface area (Å²) in [7, 11) is 0. The average Bonchev–Trinajstić information content (AvgIpc) is 3.39. The number of halogens is 3. The molecule has 1 aromatic heterocycles. The first-order valence-corrected chi connectivity index (χ1v) is 11.3. The molecule has 2 aliphatic heterocycles. The Morgan fingerprint density at radius 2 is 2.06 bits per heavy atom. The number of amides is 1. The lowest BCUT2D eigenvalue weighted by Gasteiger charge is -2.32. The summed E-state index contributed by atoms with van der Waals surface area (Å²) in [6.45, 7) is 4.11. The van der Waals surface area contributed by atoms with E-state index in [2.05, 4.69) is 15.7 Å². The number of benzene rings is 1. The number of anilines is 1. The Bertz CT molecular complexity index is 914. The van der Waals surface area contributed by atoms with Crippen LogP contribution in [0.2, 0.25) is 0 Å². The molecule has 4 rings (SSSR count). The van der Waals surface area contributed by atoms with Crippen molar-refractivity contribution in [1.29, 1.82) is 0 Å². The number of carbonyl (C=O) groups excluding carboxylic acids is 1. The van der Waals surface area contributed by atoms with E-state index in [4.69, 9.17) is 0 Å². The largest absolute Gasteiger partial charge is 0.410 e. The molecule has 174 valence electrons. The third-order valence-corrected chi connectivity index (χ3v) is 6.42. The van der Waals surface area contributed by atoms with E-state index in [0.29, 0.717) is 37.6 Å². The Balaban J connectivity index is 1.32. The maximum atomic E-state index is 13.6. The summed E-state index contributed by atoms with van der Waals surface area (Å²) in [5, 5.41) is 10.5. The molecule has 2 aliphatic rings. The zero-order chi connectivity index (χ0) is 22.7. The molecule has 1 amide bonds. The molecule has 0 radical (unpaired) electrons. The van der Waals surface area contributed by atoms with Gasteiger partial charge in [-0.15, -0.1) is 0 Å². The van der Waals surface area contributed by atoms with Gasteiger partial charge in [-0.2, -0.15) is 18.3 Å². The summed E-state index contributed by atoms with van der Waals surface area (Å²) in [6, 6.07) is 9.93. The summed E-state index contributed by atoms with van der Waals surface area (Å²) < 4.78 is 41.9. The van der Waals surface area contributed by atoms with Crippen molar-refractivity contribution in [2.45, 2.75) is 56.8 Å². The highest BCUT2D eigenvalue weighted by atomic mass is 19.4. The molecule has 3 atom stereocenters. The molecule has 0 saturated carbocycles. The quantitative estimate of drug-likeness (QED) is 0.676. The summed E-state index contributed by atoms with van der Waals surface area (Å²) >= 11 is 0. The van der Waals surface area contributed by atoms with E-state index < -0.39 is 12.2 Å². The Kier molecular flexibility index (Phi) is 6.74. The molecule has 0 spiro atoms. The Morgan fingerprint density at radius 3 is 2.78 bits per heavy atom. The Morgan fingerprint density at radius 1 is 1.28 bits per heavy atom. The van der Waals surface area contributed by atoms with Gasteiger partial charge < -0.3 is 10.6 Å². The number of likely N-dealkylation sites (tertiary alicyclic amines) is 1. The second-order valence-electron chi connectivity index (χ2n) is 8.75. The van der Waals surface area contributed by atoms with Crippen LogP contribution in [0.15, 0.2) is 36.4 Å². The average molecular weight is 450 g/mol. The van der Waals surface area contributed by atoms with Crippen LogP contribution in [0.1, 0.15) is 49.4 Å². The fourth-order valence-electron chi connectivity index (χ4n) is 4.60. The fourth-order valence-corrected chi connectivity index (χ4v) is 4.60. The van der Waals surface area contributed by atoms with Crippen LogP contribution in [0.25, 0.3) is 0 Å². The number of nitrogens with one attached hydrogen (secondary N) is 2. The van der Waals surface area contributed by atoms with E-state index in [-0.39, 0.29) is 24.3 Å². The normalized spacial score (nSPS) is 23.6. The summed E-state index contributed by atoms with van der Waals surface area (Å²) in [4.78, 5) is 14.4. The summed E-state index contributed by atoms with van der Waals surface area (Å²) in [5.74, 6) is 0.439. The van der Waals surface area contributed by atoms with E-state index in [9.17, 15) is 18.0 Å². The minimum Gasteiger partial charge on any atom is -0.367 e. The minimum atomic E-state index is -4.33. The van der Waals surface area contributed by atoms with Crippen molar-refractivity contribution in [2.75, 3.05) is 31.5 Å². The molecule has 1 aromatic carbocycles. The predicted octanol–water partition coefficient (Wildman–Crippen LogP) is 3.73. The lowest BCUT2D eigenvalue weighted by atomic mass is 10.0. The zero-order valence-electron chi connectivity index (χ0n) is 18.2. The molecular weight excluding hydrogens is 419 g/mol. The molecule has 9 heteroatoms. The second kappa shape index (κ2) is 9.52. The highest BCUT2D eigenvalue weighted by Crippen LogP contribution is 2.41. The van der Waals surface area contributed by atoms with Gasteiger partial charge in [-0.3, -0.25) is 9.69 Å². The van der Waals surface area contributed by atoms with Gasteiger partial charge in [-0.1, -0.05) is 37.3 Å². The first-order valence-electron chi connectivity index (χ1n) is 11.3. The molecule has 1 fully saturated rings. The SMILES string of the molecule is CC[C@H]1C[C@@H](C(F)(F)F)n2nc([C@@H]3CCN(CC(=O)NCCc4ccccc4)C3)cc2N1. The van der Waals surface area contributed by atoms with Crippen LogP contribution in [-0.2, 0) is 11.2 Å². The van der Waals surface area contributed by atoms with Crippen molar-refractivity contribution in [3.63, 3.8) is 0 Å². The Labute approximate surface area is 186 Å². The molecule has 3 heterocycles. The third-order valence-electron chi connectivity index (χ3n) is 6.42. The van der Waals surface area contributed by atoms with E-state index in [1.807, 2.05) is 42.2 Å². The number of nitrogens with zero attached hydrogens (tertiary/aromatic N) is 3. The second-order valence-corrected chi connectivity index (χ2v) is 8.75. The molecule has 2 aromatic rings. The molecule has 6 nitrogen and oxygen atoms in total. The van der Waals surface area contributed by atoms with Crippen LogP contribution in [0.3, 0.4) is 0 Å². The highest BCUT2D eigenvalue weighted by molar-refractivity contribution is 5.78. The Hall–Kier alpha value is -2.55. The van der Waals surface area contributed by atoms with Gasteiger partial charge >= 0.3 is 6.18 Å². The number of alkyl halides is 3. The molecule has 2 N–H and O–H groups in total. The van der Waals surface area contributed by atoms with Crippen molar-refractivity contribution in [3.8, 4) is 0 Å². The van der Waals surface area contributed by atoms with Crippen LogP contribution < -0.4 is 10.6 Å². The third kappa shape index (κ3) is 5.26. The number of fused-ring (bicyclic) bond motifs is 1. The number of hydrogen-bond donors (Lipinski definition) is 2. The lowest BCUT2D eigenvalue weighted by Crippen LogP contribution is -2.38. The van der Waals surface area contributed by atoms with E-state index >= 15 is 0 Å². The fraction of sp³-hybridized carbons (Fsp3) is 0.565. The van der Waals surface area contributed by atoms with Crippen LogP contribution in [0, 0.1) is 0 Å². The maximum Gasteiger partial charge on any atom is 0.410 e. The molecular formula is C23H30F3N5O. The molecule has 1 saturated heterocycles. The van der Waals surface area contributed by atoms with E-state index in [1.54, 1.807) is 6.07 Å². The van der Waals surface area contributed by atoms with Crippen LogP contribution in [0.5, 0.6) is 0 Å². The number of rotatable bonds is 7. The standard InChI is InChI=1S/C23H30F3N5O/c1-2-18-12-20(23(24,25)26)31-21(28-18)13-19(29-31)17-9-11-30(14-17)15-22(32)27-10-8-16-6-4-3-5-7-16/h3-7,13,17-18,20,28H,2,8-12,14-15H2,1H3,(H,27,32)/t17-,18+,20+/m1/s1. The first kappa shape index (κ1) is 22.6. The number of aromatic nitrogens is 2. The van der Waals surface area contributed by atoms with Gasteiger partial charge in [0.25, 0.3) is 0 Å². The van der Waals surface area contributed by atoms with Crippen LogP contribution in [0.4, 0.5) is 19.0 Å². The van der Waals surface area contributed by atoms with Crippen molar-refractivity contribution in [3.05, 3.63) is 47.7 Å². The monoisotopic (exact) mass is 449 g/mol. The molecule has 32 heavy (non-hydrogen) atoms. The molecule has 0 aliphatic carbocycles. The minimum absolute atomic E-state index is 0.00589. The van der Waals surface area contributed by atoms with Crippen molar-refractivity contribution >= 4 is 11.7 Å². The van der Waals surface area contributed by atoms with Crippen molar-refractivity contribution in [1.82, 2.24) is 20.0 Å². The first-order chi connectivity index (χ1) is 15.3. The van der Waals surface area contributed by atoms with Gasteiger partial charge in [-0.25, -0.2) is 4.68 Å². The smallest absolute Gasteiger partial charge is 0.367 e. The van der Waals surface area contributed by atoms with Gasteiger partial charge in [0.05, 0.1) is 12.2 Å². The van der Waals surface area contributed by atoms with Gasteiger partial charge in [-0.05, 0) is 37.8 Å². The summed E-state index contributed by atoms with van der Waals surface area (Å²) in [6.07, 6.45) is -2.14. The van der Waals surface area contributed by atoms with Crippen molar-refractivity contribution < 1.29 is 18.0 Å². The number of carbonyl (C=O) groups is 1. The van der Waals surface area contributed by atoms with Gasteiger partial charge in [0.2, 0.25) is 5.91 Å². The zero-order valence-corrected chi connectivity index (χ0v) is 18.2. The lowest BCUT2D eigenvalue weighted by molar-refractivity contribution is -0.173. The number of hydrogen-bond acceptors (Lipinski definition) is 4. The highest BCUT2D eigenvalue weighted by Gasteiger charge is 2.46. The van der Waals surface area contributed by atoms with E-state index in [0.717, 1.165) is 24.1 Å². The van der Waals surface area contributed by atoms with Gasteiger partial charge in [0.1, 0.15) is 5.82 Å². The van der Waals surface area contributed by atoms with Crippen LogP contribution in [-0.4, -0.2) is 59.0 Å². The molecule has 0 bridgehead atoms. The summed E-state index contributed by atoms with van der Waals surface area (Å²) in [5.41, 5.74) is 1.85. The molecule has 0 unspecified atom stereocenters. The predicted molar refractivity (Wildman–Crippen MR) is 117 cm³/mol. The maximum absolute atomic E-state index is 13.6.